The summed E-state index contributed by atoms with van der Waals surface area (Å²) >= 11 is 6.53. The van der Waals surface area contributed by atoms with Crippen LogP contribution in [-0.4, -0.2) is 57.2 Å². The number of aromatic nitrogens is 4. The van der Waals surface area contributed by atoms with E-state index in [1.54, 1.807) is 0 Å². The number of aliphatic hydroxyl groups excluding tert-OH is 1. The van der Waals surface area contributed by atoms with Crippen molar-refractivity contribution in [3.8, 4) is 28.8 Å². The van der Waals surface area contributed by atoms with E-state index in [0.29, 0.717) is 0 Å². The molecule has 2 aromatic carbocycles. The number of hydrogen-bond acceptors (Lipinski definition) is 9. The number of nitrogens with one attached hydrogen (secondary N) is 1. The summed E-state index contributed by atoms with van der Waals surface area (Å²) < 4.78 is 51.3. The van der Waals surface area contributed by atoms with E-state index in [0.717, 1.165) is 10.6 Å². The highest BCUT2D eigenvalue weighted by atomic mass is 35.5. The van der Waals surface area contributed by atoms with Gasteiger partial charge in [0.15, 0.2) is 34.6 Å². The highest BCUT2D eigenvalue weighted by Gasteiger charge is 2.26. The second kappa shape index (κ2) is 11.0. The first kappa shape index (κ1) is 28.1. The molecule has 0 aliphatic rings. The van der Waals surface area contributed by atoms with Crippen LogP contribution in [0.2, 0.25) is 5.02 Å². The van der Waals surface area contributed by atoms with Gasteiger partial charge in [0.1, 0.15) is 30.1 Å². The minimum Gasteiger partial charge on any atom is -0.496 e. The molecular weight excluding hydrogens is 542 g/mol. The van der Waals surface area contributed by atoms with Crippen LogP contribution in [0.5, 0.6) is 23.1 Å². The molecule has 0 amide bonds. The Balaban J connectivity index is 1.88. The maximum absolute atomic E-state index is 14.5. The van der Waals surface area contributed by atoms with Crippen LogP contribution in [0.25, 0.3) is 16.9 Å². The summed E-state index contributed by atoms with van der Waals surface area (Å²) in [6.45, 7) is 1.99. The quantitative estimate of drug-likeness (QED) is 0.264. The summed E-state index contributed by atoms with van der Waals surface area (Å²) in [6, 6.07) is 4.86. The molecular formula is C25H25ClF2N4O7. The van der Waals surface area contributed by atoms with E-state index in [2.05, 4.69) is 15.0 Å². The fourth-order valence-corrected chi connectivity index (χ4v) is 3.97. The predicted molar refractivity (Wildman–Crippen MR) is 136 cm³/mol. The summed E-state index contributed by atoms with van der Waals surface area (Å²) in [5.41, 5.74) is -2.08. The highest BCUT2D eigenvalue weighted by Crippen LogP contribution is 2.38. The molecule has 0 unspecified atom stereocenters. The molecule has 0 radical (unpaired) electrons. The molecule has 0 spiro atoms. The number of H-pyrrole nitrogens is 1. The van der Waals surface area contributed by atoms with Gasteiger partial charge in [-0.05, 0) is 26.0 Å². The minimum absolute atomic E-state index is 0.0112. The Labute approximate surface area is 225 Å². The van der Waals surface area contributed by atoms with Gasteiger partial charge in [-0.2, -0.15) is 4.98 Å². The zero-order valence-electron chi connectivity index (χ0n) is 21.3. The van der Waals surface area contributed by atoms with Crippen molar-refractivity contribution < 1.29 is 37.9 Å². The number of aliphatic hydroxyl groups is 2. The highest BCUT2D eigenvalue weighted by molar-refractivity contribution is 6.32. The van der Waals surface area contributed by atoms with Gasteiger partial charge in [-0.3, -0.25) is 4.98 Å². The predicted octanol–water partition coefficient (Wildman–Crippen LogP) is 3.24. The Morgan fingerprint density at radius 1 is 1.08 bits per heavy atom. The lowest BCUT2D eigenvalue weighted by molar-refractivity contribution is 0.0683. The zero-order valence-corrected chi connectivity index (χ0v) is 22.1. The molecule has 14 heteroatoms. The monoisotopic (exact) mass is 566 g/mol. The molecule has 0 bridgehead atoms. The lowest BCUT2D eigenvalue weighted by atomic mass is 10.1. The molecule has 0 atom stereocenters. The molecule has 0 saturated heterocycles. The fourth-order valence-electron chi connectivity index (χ4n) is 3.73. The molecule has 208 valence electrons. The molecule has 39 heavy (non-hydrogen) atoms. The Morgan fingerprint density at radius 3 is 2.44 bits per heavy atom. The summed E-state index contributed by atoms with van der Waals surface area (Å²) in [6.07, 6.45) is 0. The maximum Gasteiger partial charge on any atom is 0.332 e. The van der Waals surface area contributed by atoms with Crippen molar-refractivity contribution in [2.75, 3.05) is 27.4 Å². The molecule has 2 aromatic heterocycles. The third kappa shape index (κ3) is 5.46. The lowest BCUT2D eigenvalue weighted by Crippen LogP contribution is -2.21. The summed E-state index contributed by atoms with van der Waals surface area (Å²) in [4.78, 5) is 24.2. The van der Waals surface area contributed by atoms with E-state index in [4.69, 9.17) is 30.5 Å². The topological polar surface area (TPSA) is 141 Å². The van der Waals surface area contributed by atoms with Gasteiger partial charge in [0.2, 0.25) is 5.88 Å². The molecule has 4 rings (SSSR count). The summed E-state index contributed by atoms with van der Waals surface area (Å²) in [5, 5.41) is 19.7. The summed E-state index contributed by atoms with van der Waals surface area (Å²) in [5.74, 6) is -2.16. The van der Waals surface area contributed by atoms with Gasteiger partial charge in [0.05, 0.1) is 37.1 Å². The van der Waals surface area contributed by atoms with Crippen LogP contribution in [0.3, 0.4) is 0 Å². The molecule has 0 saturated carbocycles. The van der Waals surface area contributed by atoms with Gasteiger partial charge < -0.3 is 29.2 Å². The van der Waals surface area contributed by atoms with Crippen molar-refractivity contribution in [2.45, 2.75) is 26.1 Å². The van der Waals surface area contributed by atoms with Crippen molar-refractivity contribution in [3.05, 3.63) is 62.8 Å². The van der Waals surface area contributed by atoms with E-state index in [-0.39, 0.29) is 69.6 Å². The average Bonchev–Trinajstić information content (AvgIpc) is 3.23. The van der Waals surface area contributed by atoms with Gasteiger partial charge in [-0.1, -0.05) is 11.6 Å². The molecule has 3 N–H and O–H groups in total. The Hall–Kier alpha value is -3.94. The van der Waals surface area contributed by atoms with Crippen molar-refractivity contribution in [1.29, 1.82) is 0 Å². The molecule has 2 heterocycles. The number of halogens is 3. The number of hydrogen-bond donors (Lipinski definition) is 3. The third-order valence-corrected chi connectivity index (χ3v) is 5.89. The molecule has 4 aromatic rings. The van der Waals surface area contributed by atoms with Gasteiger partial charge in [-0.15, -0.1) is 0 Å². The van der Waals surface area contributed by atoms with Gasteiger partial charge in [0, 0.05) is 12.1 Å². The normalized spacial score (nSPS) is 11.6. The van der Waals surface area contributed by atoms with Crippen LogP contribution in [0.15, 0.2) is 29.1 Å². The first-order valence-electron chi connectivity index (χ1n) is 11.5. The van der Waals surface area contributed by atoms with Crippen LogP contribution < -0.4 is 24.6 Å². The average molecular weight is 567 g/mol. The Kier molecular flexibility index (Phi) is 7.95. The van der Waals surface area contributed by atoms with Crippen LogP contribution >= 0.6 is 11.6 Å². The van der Waals surface area contributed by atoms with Crippen LogP contribution in [0, 0.1) is 11.6 Å². The smallest absolute Gasteiger partial charge is 0.332 e. The number of aromatic amines is 1. The largest absolute Gasteiger partial charge is 0.496 e. The molecule has 0 aliphatic carbocycles. The fraction of sp³-hybridized carbons (Fsp3) is 0.320. The number of ether oxygens (including phenoxy) is 4. The second-order valence-corrected chi connectivity index (χ2v) is 9.14. The van der Waals surface area contributed by atoms with E-state index in [1.807, 2.05) is 0 Å². The minimum atomic E-state index is -1.48. The number of nitrogens with zero attached hydrogens (tertiary/aromatic N) is 3. The second-order valence-electron chi connectivity index (χ2n) is 8.73. The number of benzene rings is 2. The number of imidazole rings is 1. The Bertz CT molecular complexity index is 1580. The van der Waals surface area contributed by atoms with Gasteiger partial charge >= 0.3 is 5.69 Å². The van der Waals surface area contributed by atoms with E-state index in [1.165, 1.54) is 46.3 Å². The van der Waals surface area contributed by atoms with E-state index < -0.39 is 29.5 Å². The van der Waals surface area contributed by atoms with E-state index in [9.17, 15) is 23.8 Å². The first-order valence-corrected chi connectivity index (χ1v) is 11.9. The molecule has 11 nitrogen and oxygen atoms in total. The van der Waals surface area contributed by atoms with Crippen LogP contribution in [-0.2, 0) is 12.2 Å². The maximum atomic E-state index is 14.5. The molecule has 0 fully saturated rings. The number of methoxy groups -OCH3 is 2. The SMILES string of the molecule is COc1ccc(F)c(F)c1COc1cc(-n2c(=O)[nH]c3c(OC)nc(C(C)(C)O)nc32)c(Cl)cc1OCCO. The first-order chi connectivity index (χ1) is 18.5. The van der Waals surface area contributed by atoms with Crippen molar-refractivity contribution in [2.24, 2.45) is 0 Å². The van der Waals surface area contributed by atoms with Crippen LogP contribution in [0.4, 0.5) is 8.78 Å². The standard InChI is InChI=1S/C25H25ClF2N4O7/c1-25(2,35)23-30-21-20(22(31-23)37-4)29-24(34)32(21)15-10-18(17(9-13(15)26)38-8-7-33)39-11-12-16(36-3)6-5-14(27)19(12)28/h5-6,9-10,33,35H,7-8,11H2,1-4H3,(H,29,34). The molecule has 0 aliphatic heterocycles. The van der Waals surface area contributed by atoms with Crippen molar-refractivity contribution in [3.63, 3.8) is 0 Å². The van der Waals surface area contributed by atoms with Gasteiger partial charge in [-0.25, -0.2) is 23.1 Å². The van der Waals surface area contributed by atoms with Crippen molar-refractivity contribution >= 4 is 22.8 Å². The zero-order chi connectivity index (χ0) is 28.5. The number of fused-ring (bicyclic) bond motifs is 1. The van der Waals surface area contributed by atoms with E-state index >= 15 is 0 Å². The van der Waals surface area contributed by atoms with Gasteiger partial charge in [0.25, 0.3) is 0 Å². The van der Waals surface area contributed by atoms with Crippen molar-refractivity contribution in [1.82, 2.24) is 19.5 Å². The van der Waals surface area contributed by atoms with Crippen LogP contribution in [0.1, 0.15) is 25.2 Å². The summed E-state index contributed by atoms with van der Waals surface area (Å²) in [7, 11) is 2.64. The third-order valence-electron chi connectivity index (χ3n) is 5.59. The Morgan fingerprint density at radius 2 is 1.79 bits per heavy atom. The number of rotatable bonds is 10. The lowest BCUT2D eigenvalue weighted by Gasteiger charge is -2.18.